The summed E-state index contributed by atoms with van der Waals surface area (Å²) in [5.74, 6) is 0.722. The number of allylic oxidation sites excluding steroid dienone is 2. The molecule has 2 aromatic carbocycles. The van der Waals surface area contributed by atoms with E-state index >= 15 is 0 Å². The number of amides is 2. The number of carbonyl (C=O) groups is 2. The summed E-state index contributed by atoms with van der Waals surface area (Å²) in [7, 11) is 1.58. The molecule has 2 amide bonds. The third kappa shape index (κ3) is 3.31. The third-order valence-corrected chi connectivity index (χ3v) is 8.75. The van der Waals surface area contributed by atoms with E-state index in [0.717, 1.165) is 32.5 Å². The molecule has 34 heavy (non-hydrogen) atoms. The molecule has 0 radical (unpaired) electrons. The van der Waals surface area contributed by atoms with Crippen LogP contribution in [0.2, 0.25) is 5.02 Å². The predicted molar refractivity (Wildman–Crippen MR) is 136 cm³/mol. The second-order valence-corrected chi connectivity index (χ2v) is 11.0. The highest BCUT2D eigenvalue weighted by atomic mass is 127. The highest BCUT2D eigenvalue weighted by Gasteiger charge is 2.73. The molecule has 0 N–H and O–H groups in total. The van der Waals surface area contributed by atoms with Crippen molar-refractivity contribution in [2.24, 2.45) is 34.2 Å². The molecular weight excluding hydrogens is 567 g/mol. The Labute approximate surface area is 216 Å². The second-order valence-electron chi connectivity index (χ2n) is 9.40. The molecule has 2 saturated carbocycles. The largest absolute Gasteiger partial charge is 0.493 e. The van der Waals surface area contributed by atoms with Gasteiger partial charge in [0, 0.05) is 5.02 Å². The maximum atomic E-state index is 13.1. The van der Waals surface area contributed by atoms with Crippen LogP contribution in [0.25, 0.3) is 0 Å². The standard InChI is InChI=1S/C26H22ClIN2O4/c1-33-20-11-15(10-19(28)23(20)34-13-14-2-4-16(27)5-3-14)12-29-30-24(31)21-17-6-7-18(22(21)25(30)32)26(17)8-9-26/h2-7,10-12,17-18,21-22H,8-9,13H2,1H3/b29-12-/t17-,18-,21-,22-/m1/s1. The Bertz CT molecular complexity index is 1220. The van der Waals surface area contributed by atoms with Gasteiger partial charge in [0.15, 0.2) is 11.5 Å². The Hall–Kier alpha value is -2.39. The first-order valence-electron chi connectivity index (χ1n) is 11.3. The number of benzene rings is 2. The summed E-state index contributed by atoms with van der Waals surface area (Å²) in [6.45, 7) is 0.369. The van der Waals surface area contributed by atoms with Gasteiger partial charge < -0.3 is 9.47 Å². The van der Waals surface area contributed by atoms with Crippen molar-refractivity contribution in [3.05, 3.63) is 68.3 Å². The molecule has 2 bridgehead atoms. The van der Waals surface area contributed by atoms with Crippen LogP contribution in [0.1, 0.15) is 24.0 Å². The van der Waals surface area contributed by atoms with Crippen LogP contribution < -0.4 is 9.47 Å². The van der Waals surface area contributed by atoms with Gasteiger partial charge >= 0.3 is 0 Å². The first-order valence-corrected chi connectivity index (χ1v) is 12.7. The van der Waals surface area contributed by atoms with Gasteiger partial charge in [-0.3, -0.25) is 9.59 Å². The number of hydrogen-bond donors (Lipinski definition) is 0. The third-order valence-electron chi connectivity index (χ3n) is 7.70. The van der Waals surface area contributed by atoms with E-state index in [0.29, 0.717) is 23.1 Å². The molecule has 3 fully saturated rings. The molecule has 1 spiro atoms. The normalized spacial score (nSPS) is 27.8. The zero-order valence-electron chi connectivity index (χ0n) is 18.4. The van der Waals surface area contributed by atoms with Crippen molar-refractivity contribution in [1.82, 2.24) is 5.01 Å². The fourth-order valence-electron chi connectivity index (χ4n) is 5.99. The van der Waals surface area contributed by atoms with Crippen molar-refractivity contribution in [1.29, 1.82) is 0 Å². The SMILES string of the molecule is COc1cc(/C=N\N2C(=O)[C@H]3[C@H](C2=O)[C@H]2C=C[C@H]3C23CC3)cc(I)c1OCc1ccc(Cl)cc1. The number of rotatable bonds is 6. The Morgan fingerprint density at radius 3 is 2.35 bits per heavy atom. The van der Waals surface area contributed by atoms with Crippen LogP contribution in [0.15, 0.2) is 53.7 Å². The summed E-state index contributed by atoms with van der Waals surface area (Å²) in [4.78, 5) is 26.2. The van der Waals surface area contributed by atoms with Gasteiger partial charge in [-0.15, -0.1) is 0 Å². The van der Waals surface area contributed by atoms with Crippen LogP contribution in [-0.2, 0) is 16.2 Å². The molecule has 0 unspecified atom stereocenters. The summed E-state index contributed by atoms with van der Waals surface area (Å²) < 4.78 is 12.4. The number of imide groups is 1. The van der Waals surface area contributed by atoms with Gasteiger partial charge in [0.1, 0.15) is 6.61 Å². The molecule has 6 nitrogen and oxygen atoms in total. The molecule has 4 aliphatic rings. The number of fused-ring (bicyclic) bond motifs is 3. The van der Waals surface area contributed by atoms with Crippen LogP contribution in [0, 0.1) is 32.7 Å². The molecule has 1 aliphatic heterocycles. The monoisotopic (exact) mass is 588 g/mol. The summed E-state index contributed by atoms with van der Waals surface area (Å²) in [5.41, 5.74) is 1.89. The fourth-order valence-corrected chi connectivity index (χ4v) is 6.90. The molecule has 0 aromatic heterocycles. The van der Waals surface area contributed by atoms with Gasteiger partial charge in [-0.05, 0) is 88.1 Å². The lowest BCUT2D eigenvalue weighted by atomic mass is 9.85. The van der Waals surface area contributed by atoms with Crippen LogP contribution in [0.4, 0.5) is 0 Å². The summed E-state index contributed by atoms with van der Waals surface area (Å²) in [6.07, 6.45) is 8.11. The molecule has 2 aromatic rings. The Morgan fingerprint density at radius 1 is 1.12 bits per heavy atom. The topological polar surface area (TPSA) is 68.2 Å². The highest BCUT2D eigenvalue weighted by Crippen LogP contribution is 2.73. The zero-order chi connectivity index (χ0) is 23.6. The van der Waals surface area contributed by atoms with E-state index in [9.17, 15) is 9.59 Å². The highest BCUT2D eigenvalue weighted by molar-refractivity contribution is 14.1. The first kappa shape index (κ1) is 22.1. The van der Waals surface area contributed by atoms with Crippen molar-refractivity contribution >= 4 is 52.2 Å². The number of ether oxygens (including phenoxy) is 2. The van der Waals surface area contributed by atoms with E-state index in [4.69, 9.17) is 21.1 Å². The van der Waals surface area contributed by atoms with Gasteiger partial charge in [0.2, 0.25) is 0 Å². The van der Waals surface area contributed by atoms with Crippen LogP contribution >= 0.6 is 34.2 Å². The van der Waals surface area contributed by atoms with E-state index in [1.165, 1.54) is 0 Å². The van der Waals surface area contributed by atoms with Crippen molar-refractivity contribution in [2.45, 2.75) is 19.4 Å². The molecule has 1 saturated heterocycles. The number of halogens is 2. The van der Waals surface area contributed by atoms with Crippen molar-refractivity contribution in [3.63, 3.8) is 0 Å². The average Bonchev–Trinajstić information content (AvgIpc) is 3.43. The Kier molecular flexibility index (Phi) is 5.26. The number of hydrazone groups is 1. The number of nitrogens with zero attached hydrogens (tertiary/aromatic N) is 2. The van der Waals surface area contributed by atoms with E-state index in [1.807, 2.05) is 30.3 Å². The zero-order valence-corrected chi connectivity index (χ0v) is 21.3. The van der Waals surface area contributed by atoms with Gasteiger partial charge in [-0.2, -0.15) is 10.1 Å². The minimum Gasteiger partial charge on any atom is -0.493 e. The lowest BCUT2D eigenvalue weighted by Gasteiger charge is -2.18. The van der Waals surface area contributed by atoms with Crippen LogP contribution in [0.5, 0.6) is 11.5 Å². The maximum Gasteiger partial charge on any atom is 0.254 e. The predicted octanol–water partition coefficient (Wildman–Crippen LogP) is 5.06. The van der Waals surface area contributed by atoms with E-state index < -0.39 is 0 Å². The maximum absolute atomic E-state index is 13.1. The van der Waals surface area contributed by atoms with Gasteiger partial charge in [0.25, 0.3) is 11.8 Å². The minimum absolute atomic E-state index is 0.168. The molecule has 4 atom stereocenters. The lowest BCUT2D eigenvalue weighted by Crippen LogP contribution is -2.30. The van der Waals surface area contributed by atoms with Crippen LogP contribution in [-0.4, -0.2) is 30.1 Å². The van der Waals surface area contributed by atoms with Crippen molar-refractivity contribution < 1.29 is 19.1 Å². The Balaban J connectivity index is 1.20. The fraction of sp³-hybridized carbons (Fsp3) is 0.346. The summed E-state index contributed by atoms with van der Waals surface area (Å²) in [5, 5.41) is 6.08. The van der Waals surface area contributed by atoms with E-state index in [2.05, 4.69) is 39.8 Å². The summed E-state index contributed by atoms with van der Waals surface area (Å²) in [6, 6.07) is 11.1. The minimum atomic E-state index is -0.250. The van der Waals surface area contributed by atoms with Crippen molar-refractivity contribution in [3.8, 4) is 11.5 Å². The van der Waals surface area contributed by atoms with E-state index in [1.54, 1.807) is 19.4 Å². The molecule has 6 rings (SSSR count). The summed E-state index contributed by atoms with van der Waals surface area (Å²) >= 11 is 8.13. The quantitative estimate of drug-likeness (QED) is 0.205. The molecular formula is C26H22ClIN2O4. The molecule has 174 valence electrons. The number of methoxy groups -OCH3 is 1. The van der Waals surface area contributed by atoms with E-state index in [-0.39, 0.29) is 40.9 Å². The van der Waals surface area contributed by atoms with Crippen LogP contribution in [0.3, 0.4) is 0 Å². The molecule has 8 heteroatoms. The van der Waals surface area contributed by atoms with Gasteiger partial charge in [-0.1, -0.05) is 35.9 Å². The van der Waals surface area contributed by atoms with Gasteiger partial charge in [0.05, 0.1) is 28.7 Å². The average molecular weight is 589 g/mol. The van der Waals surface area contributed by atoms with Crippen molar-refractivity contribution in [2.75, 3.05) is 7.11 Å². The van der Waals surface area contributed by atoms with Gasteiger partial charge in [-0.25, -0.2) is 0 Å². The second kappa shape index (κ2) is 8.09. The molecule has 3 aliphatic carbocycles. The first-order chi connectivity index (χ1) is 16.4. The Morgan fingerprint density at radius 2 is 1.76 bits per heavy atom. The smallest absolute Gasteiger partial charge is 0.254 e. The lowest BCUT2D eigenvalue weighted by molar-refractivity contribution is -0.141. The molecule has 1 heterocycles. The number of carbonyl (C=O) groups excluding carboxylic acids is 2. The number of hydrogen-bond acceptors (Lipinski definition) is 5.